The van der Waals surface area contributed by atoms with Gasteiger partial charge in [0.05, 0.1) is 11.4 Å². The fourth-order valence-corrected chi connectivity index (χ4v) is 8.57. The molecule has 0 radical (unpaired) electrons. The lowest BCUT2D eigenvalue weighted by Crippen LogP contribution is -1.98. The van der Waals surface area contributed by atoms with Crippen LogP contribution >= 0.6 is 11.3 Å². The maximum Gasteiger partial charge on any atom is 0.160 e. The van der Waals surface area contributed by atoms with Crippen molar-refractivity contribution in [3.05, 3.63) is 182 Å². The van der Waals surface area contributed by atoms with E-state index in [4.69, 9.17) is 9.97 Å². The van der Waals surface area contributed by atoms with Gasteiger partial charge in [0.1, 0.15) is 0 Å². The number of benzene rings is 8. The smallest absolute Gasteiger partial charge is 0.160 e. The van der Waals surface area contributed by atoms with Gasteiger partial charge in [-0.15, -0.1) is 11.3 Å². The Morgan fingerprint density at radius 3 is 1.69 bits per heavy atom. The molecule has 2 nitrogen and oxygen atoms in total. The first-order valence-corrected chi connectivity index (χ1v) is 18.1. The van der Waals surface area contributed by atoms with Crippen molar-refractivity contribution in [2.24, 2.45) is 0 Å². The van der Waals surface area contributed by atoms with Crippen LogP contribution in [0.5, 0.6) is 0 Å². The molecule has 2 aromatic heterocycles. The van der Waals surface area contributed by atoms with Crippen LogP contribution in [0.2, 0.25) is 0 Å². The highest BCUT2D eigenvalue weighted by molar-refractivity contribution is 7.22. The molecule has 0 bridgehead atoms. The molecule has 0 saturated heterocycles. The van der Waals surface area contributed by atoms with Gasteiger partial charge in [-0.05, 0) is 67.2 Å². The Morgan fingerprint density at radius 1 is 0.353 bits per heavy atom. The third-order valence-corrected chi connectivity index (χ3v) is 11.0. The Labute approximate surface area is 300 Å². The molecule has 0 amide bonds. The normalized spacial score (nSPS) is 11.5. The van der Waals surface area contributed by atoms with Gasteiger partial charge in [-0.1, -0.05) is 164 Å². The molecule has 0 aliphatic heterocycles. The van der Waals surface area contributed by atoms with Gasteiger partial charge in [0.2, 0.25) is 0 Å². The molecular formula is C48H30N2S. The fraction of sp³-hybridized carbons (Fsp3) is 0. The Balaban J connectivity index is 1.25. The van der Waals surface area contributed by atoms with Crippen molar-refractivity contribution in [1.82, 2.24) is 9.97 Å². The van der Waals surface area contributed by atoms with E-state index < -0.39 is 0 Å². The van der Waals surface area contributed by atoms with Crippen LogP contribution in [-0.2, 0) is 0 Å². The summed E-state index contributed by atoms with van der Waals surface area (Å²) in [4.78, 5) is 11.9. The Hall–Kier alpha value is -6.42. The minimum Gasteiger partial charge on any atom is -0.228 e. The molecule has 10 aromatic rings. The topological polar surface area (TPSA) is 25.8 Å². The predicted molar refractivity (Wildman–Crippen MR) is 217 cm³/mol. The van der Waals surface area contributed by atoms with E-state index in [0.717, 1.165) is 28.1 Å². The largest absolute Gasteiger partial charge is 0.228 e. The van der Waals surface area contributed by atoms with Crippen molar-refractivity contribution in [3.8, 4) is 55.5 Å². The van der Waals surface area contributed by atoms with Gasteiger partial charge in [0.15, 0.2) is 5.82 Å². The van der Waals surface area contributed by atoms with Gasteiger partial charge in [0.25, 0.3) is 0 Å². The lowest BCUT2D eigenvalue weighted by Gasteiger charge is -2.19. The highest BCUT2D eigenvalue weighted by atomic mass is 32.1. The molecule has 0 fully saturated rings. The second kappa shape index (κ2) is 12.2. The molecule has 3 heteroatoms. The second-order valence-electron chi connectivity index (χ2n) is 12.9. The van der Waals surface area contributed by atoms with Crippen LogP contribution in [0.1, 0.15) is 0 Å². The van der Waals surface area contributed by atoms with Gasteiger partial charge in [-0.3, -0.25) is 0 Å². The van der Waals surface area contributed by atoms with Crippen molar-refractivity contribution in [2.75, 3.05) is 0 Å². The summed E-state index contributed by atoms with van der Waals surface area (Å²) in [6, 6.07) is 65.0. The van der Waals surface area contributed by atoms with Crippen molar-refractivity contribution in [3.63, 3.8) is 0 Å². The zero-order chi connectivity index (χ0) is 33.7. The number of hydrogen-bond acceptors (Lipinski definition) is 3. The monoisotopic (exact) mass is 666 g/mol. The number of rotatable bonds is 5. The van der Waals surface area contributed by atoms with E-state index >= 15 is 0 Å². The van der Waals surface area contributed by atoms with Gasteiger partial charge in [-0.2, -0.15) is 0 Å². The summed E-state index contributed by atoms with van der Waals surface area (Å²) < 4.78 is 1.30. The van der Waals surface area contributed by atoms with Gasteiger partial charge in [0, 0.05) is 31.7 Å². The molecule has 0 spiro atoms. The van der Waals surface area contributed by atoms with Crippen molar-refractivity contribution in [1.29, 1.82) is 0 Å². The number of fused-ring (bicyclic) bond motifs is 5. The van der Waals surface area contributed by atoms with E-state index in [0.29, 0.717) is 5.82 Å². The summed E-state index contributed by atoms with van der Waals surface area (Å²) in [7, 11) is 0. The van der Waals surface area contributed by atoms with Crippen LogP contribution < -0.4 is 0 Å². The third kappa shape index (κ3) is 5.10. The van der Waals surface area contributed by atoms with E-state index in [9.17, 15) is 0 Å². The molecule has 0 unspecified atom stereocenters. The quantitative estimate of drug-likeness (QED) is 0.135. The van der Waals surface area contributed by atoms with E-state index in [1.54, 1.807) is 0 Å². The molecule has 0 aliphatic carbocycles. The number of thiophene rings is 1. The molecule has 0 saturated carbocycles. The fourth-order valence-electron chi connectivity index (χ4n) is 7.50. The van der Waals surface area contributed by atoms with Crippen LogP contribution in [0.25, 0.3) is 97.9 Å². The van der Waals surface area contributed by atoms with Crippen molar-refractivity contribution in [2.45, 2.75) is 0 Å². The molecule has 8 aromatic carbocycles. The maximum atomic E-state index is 5.39. The molecule has 51 heavy (non-hydrogen) atoms. The van der Waals surface area contributed by atoms with Crippen LogP contribution in [0.4, 0.5) is 0 Å². The Bertz CT molecular complexity index is 2860. The third-order valence-electron chi connectivity index (χ3n) is 9.88. The minimum atomic E-state index is 0.710. The SMILES string of the molecule is c1ccc(-c2nc(-c3ccc(-c4cc5ccccc5s4)cc3)cc(-c3c4ccccc4c(-c4ccccc4)c4ccc5ccccc5c34)n2)cc1. The summed E-state index contributed by atoms with van der Waals surface area (Å²) in [6.45, 7) is 0. The molecule has 10 rings (SSSR count). The highest BCUT2D eigenvalue weighted by Crippen LogP contribution is 2.46. The number of nitrogens with zero attached hydrogens (tertiary/aromatic N) is 2. The van der Waals surface area contributed by atoms with Crippen molar-refractivity contribution < 1.29 is 0 Å². The first-order valence-electron chi connectivity index (χ1n) is 17.2. The average Bonchev–Trinajstić information content (AvgIpc) is 3.65. The zero-order valence-electron chi connectivity index (χ0n) is 27.6. The van der Waals surface area contributed by atoms with E-state index in [1.807, 2.05) is 17.4 Å². The lowest BCUT2D eigenvalue weighted by molar-refractivity contribution is 1.19. The van der Waals surface area contributed by atoms with Crippen LogP contribution in [0, 0.1) is 0 Å². The van der Waals surface area contributed by atoms with E-state index in [-0.39, 0.29) is 0 Å². The van der Waals surface area contributed by atoms with Crippen LogP contribution in [0.3, 0.4) is 0 Å². The van der Waals surface area contributed by atoms with Crippen LogP contribution in [-0.4, -0.2) is 9.97 Å². The standard InChI is InChI=1S/C48H30N2S/c1-3-14-34(15-4-1)45-38-20-10-11-21-39(38)47(46-37-19-9-7-13-31(37)27-28-40(45)46)42-30-41(49-48(50-42)35-16-5-2-6-17-35)32-23-25-33(26-24-32)44-29-36-18-8-12-22-43(36)51-44/h1-30H. The van der Waals surface area contributed by atoms with Crippen LogP contribution in [0.15, 0.2) is 182 Å². The summed E-state index contributed by atoms with van der Waals surface area (Å²) in [5.41, 5.74) is 8.62. The second-order valence-corrected chi connectivity index (χ2v) is 14.0. The highest BCUT2D eigenvalue weighted by Gasteiger charge is 2.21. The molecule has 0 aliphatic rings. The summed E-state index contributed by atoms with van der Waals surface area (Å²) >= 11 is 1.83. The van der Waals surface area contributed by atoms with Gasteiger partial charge >= 0.3 is 0 Å². The minimum absolute atomic E-state index is 0.710. The molecule has 0 N–H and O–H groups in total. The maximum absolute atomic E-state index is 5.39. The summed E-state index contributed by atoms with van der Waals surface area (Å²) in [5, 5.41) is 8.48. The number of hydrogen-bond donors (Lipinski definition) is 0. The first-order chi connectivity index (χ1) is 25.3. The molecule has 238 valence electrons. The predicted octanol–water partition coefficient (Wildman–Crippen LogP) is 13.5. The summed E-state index contributed by atoms with van der Waals surface area (Å²) in [6.07, 6.45) is 0. The van der Waals surface area contributed by atoms with Gasteiger partial charge < -0.3 is 0 Å². The van der Waals surface area contributed by atoms with E-state index in [2.05, 4.69) is 176 Å². The Morgan fingerprint density at radius 2 is 0.941 bits per heavy atom. The molecule has 2 heterocycles. The molecular weight excluding hydrogens is 637 g/mol. The zero-order valence-corrected chi connectivity index (χ0v) is 28.4. The van der Waals surface area contributed by atoms with Crippen molar-refractivity contribution >= 4 is 53.7 Å². The molecule has 0 atom stereocenters. The Kier molecular flexibility index (Phi) is 7.04. The summed E-state index contributed by atoms with van der Waals surface area (Å²) in [5.74, 6) is 0.710. The average molecular weight is 667 g/mol. The lowest BCUT2D eigenvalue weighted by atomic mass is 9.85. The van der Waals surface area contributed by atoms with E-state index in [1.165, 1.54) is 64.0 Å². The number of aromatic nitrogens is 2. The van der Waals surface area contributed by atoms with Gasteiger partial charge in [-0.25, -0.2) is 9.97 Å². The first kappa shape index (κ1) is 29.5.